The Labute approximate surface area is 823 Å². The largest absolute Gasteiger partial charge is 0.477 e. The summed E-state index contributed by atoms with van der Waals surface area (Å²) in [5, 5.41) is 363. The second kappa shape index (κ2) is 51.7. The zero-order valence-electron chi connectivity index (χ0n) is 78.2. The average molecular weight is 2130 g/mol. The third-order valence-electron chi connectivity index (χ3n) is 25.6. The lowest BCUT2D eigenvalue weighted by Gasteiger charge is -2.53. The minimum Gasteiger partial charge on any atom is -0.477 e. The van der Waals surface area contributed by atoms with Gasteiger partial charge < -0.3 is 276 Å². The molecule has 146 heavy (non-hydrogen) atoms. The van der Waals surface area contributed by atoms with Crippen LogP contribution in [-0.4, -0.2) is 588 Å². The Balaban J connectivity index is 0.979. The molecule has 0 saturated carbocycles. The molecule has 0 aliphatic carbocycles. The van der Waals surface area contributed by atoms with Gasteiger partial charge in [0.25, 0.3) is 23.1 Å². The van der Waals surface area contributed by atoms with Gasteiger partial charge in [0.15, 0.2) is 31.5 Å². The lowest BCUT2D eigenvalue weighted by molar-refractivity contribution is -0.394. The highest BCUT2D eigenvalue weighted by atomic mass is 16.8. The standard InChI is InChI=1S/C80H129N7O59/c1-21(97)81-41-28(104)8-78(74(124)125,143-62(41)48(110)31(107)11-88)140-36(16-93)53(115)65-43(83-23(3)99)29(105)9-79(145-65,75(126)127)141-35(15-92)52(114)64-42(82-22(2)98)27(103)7-77(142-64,73(122)123)130-20-39-54(116)61(46(68(121)131-39)85-25(5)101)138-72-58(120)67(51(113)34(14-91)133-72)139-71-57(119)56(118)59(37(17-94)135-71)136-70-47(86-26(6)102)66(60(38(18-95)134-70)137-69-45(84-24(4)100)55(117)50(112)33(13-90)132-69)146-80(76(128)129)10-30(106)44(87-40(109)19-96)63(144-80)49(111)32(108)12-89/h27-39,41-72,88-96,103-108,110-121H,7-20H2,1-6H3,(H,81,97)(H,82,98)(H,83,99)(H,84,100)(H,85,101)(H,86,102)(H,87,109)(H,122,123)(H,124,125)(H,126,127)(H,128,129)/t27-,28-,29-,30-,31+,32+,33+,34+,35+,36+,37+,38+,39+,41+,42+,43+,44+,45+,46+,47+,48+,49+,50-,51-,52+,53+,54-,55+,56+,57+,58+,59-,60-,61+,62+,63+,64+,65+,66+,67-,68-,69-,70-,71-,72-,77+,78+,79+,80-/m0/s1. The highest BCUT2D eigenvalue weighted by Gasteiger charge is 2.67. The van der Waals surface area contributed by atoms with Gasteiger partial charge in [-0.15, -0.1) is 0 Å². The van der Waals surface area contributed by atoms with Crippen LogP contribution < -0.4 is 37.2 Å². The zero-order valence-corrected chi connectivity index (χ0v) is 78.2. The van der Waals surface area contributed by atoms with Gasteiger partial charge >= 0.3 is 23.9 Å². The molecule has 9 heterocycles. The fourth-order valence-electron chi connectivity index (χ4n) is 18.5. The van der Waals surface area contributed by atoms with E-state index < -0.39 is 455 Å². The van der Waals surface area contributed by atoms with Crippen molar-refractivity contribution in [3.63, 3.8) is 0 Å². The maximum Gasteiger partial charge on any atom is 0.364 e. The molecule has 838 valence electrons. The molecule has 0 aromatic rings. The number of carboxylic acid groups (broad SMARTS) is 4. The van der Waals surface area contributed by atoms with Crippen molar-refractivity contribution in [3.8, 4) is 0 Å². The third-order valence-corrected chi connectivity index (χ3v) is 25.6. The maximum atomic E-state index is 14.0. The SMILES string of the molecule is CC(=O)N[C@@H]1[C@@H](O[C@@H]2O[C@H](CO)[C@H](O)[C@H](O[C@@H]3O[C@H](CO)[C@H](O[C@@H]4O[C@H](CO)[C@H](O[C@@H]5O[C@H](CO)[C@H](O)[C@H](O)[C@H]5NC(C)=O)[C@H](O[C@]5(C(=O)O)C[C@H](O)[C@@H](NC(=O)CO)[C@H]([C@H](O)[C@H](O)CO)O5)[C@H]4NC(C)=O)[C@H](O)[C@H]3O)[C@H]2O)[C@@H](O)[C@@H](CO[C@]2(C(=O)O)C[C@H](O)[C@@H](NC(C)=O)[C@H]([C@H](O)[C@@H](CO)O[C@]3(C(=O)O)C[C@H](O)[C@@H](NC(C)=O)[C@H]([C@H](O)[C@@H](CO)O[C@]4(C(=O)O)C[C@H](O)[C@@H](NC(C)=O)[C@H]([C@H](O)[C@H](O)CO)O4)O3)O2)O[C@@H]1O. The Morgan fingerprint density at radius 1 is 0.308 bits per heavy atom. The highest BCUT2D eigenvalue weighted by molar-refractivity contribution is 5.80. The van der Waals surface area contributed by atoms with Crippen LogP contribution in [0, 0.1) is 0 Å². The normalized spacial score (nSPS) is 41.8. The number of nitrogens with one attached hydrogen (secondary N) is 7. The molecule has 9 saturated heterocycles. The molecule has 66 heteroatoms. The Morgan fingerprint density at radius 2 is 0.637 bits per heavy atom. The minimum absolute atomic E-state index is 0.792. The van der Waals surface area contributed by atoms with E-state index >= 15 is 0 Å². The number of rotatable bonds is 45. The van der Waals surface area contributed by atoms with Gasteiger partial charge in [0, 0.05) is 67.2 Å². The third kappa shape index (κ3) is 27.2. The van der Waals surface area contributed by atoms with Crippen molar-refractivity contribution in [1.29, 1.82) is 0 Å². The van der Waals surface area contributed by atoms with E-state index in [1.54, 1.807) is 0 Å². The Morgan fingerprint density at radius 3 is 1.06 bits per heavy atom. The first-order valence-corrected chi connectivity index (χ1v) is 45.3. The van der Waals surface area contributed by atoms with Crippen LogP contribution in [0.2, 0.25) is 0 Å². The molecule has 9 aliphatic rings. The van der Waals surface area contributed by atoms with Gasteiger partial charge in [-0.05, 0) is 0 Å². The smallest absolute Gasteiger partial charge is 0.364 e. The van der Waals surface area contributed by atoms with E-state index in [9.17, 15) is 211 Å². The number of ether oxygens (including phenoxy) is 17. The highest BCUT2D eigenvalue weighted by Crippen LogP contribution is 2.46. The molecule has 9 fully saturated rings. The van der Waals surface area contributed by atoms with Crippen LogP contribution in [-0.2, 0) is 133 Å². The first-order valence-electron chi connectivity index (χ1n) is 45.3. The first-order chi connectivity index (χ1) is 68.4. The van der Waals surface area contributed by atoms with Crippen molar-refractivity contribution in [2.75, 3.05) is 66.1 Å². The van der Waals surface area contributed by atoms with Crippen LogP contribution in [0.3, 0.4) is 0 Å². The molecular formula is C80H129N7O59. The molecule has 49 atom stereocenters. The number of aliphatic carboxylic acids is 4. The fourth-order valence-corrected chi connectivity index (χ4v) is 18.5. The second-order valence-corrected chi connectivity index (χ2v) is 36.1. The number of hydrogen-bond donors (Lipinski definition) is 38. The van der Waals surface area contributed by atoms with Crippen LogP contribution >= 0.6 is 0 Å². The molecule has 0 bridgehead atoms. The Kier molecular flexibility index (Phi) is 43.2. The summed E-state index contributed by atoms with van der Waals surface area (Å²) in [7, 11) is 0. The molecule has 9 rings (SSSR count). The van der Waals surface area contributed by atoms with E-state index in [2.05, 4.69) is 37.2 Å². The van der Waals surface area contributed by atoms with Gasteiger partial charge in [0.1, 0.15) is 202 Å². The molecule has 0 spiro atoms. The summed E-state index contributed by atoms with van der Waals surface area (Å²) < 4.78 is 99.9. The monoisotopic (exact) mass is 2130 g/mol. The predicted molar refractivity (Wildman–Crippen MR) is 448 cm³/mol. The Bertz CT molecular complexity index is 4360. The van der Waals surface area contributed by atoms with Crippen molar-refractivity contribution in [1.82, 2.24) is 37.2 Å². The summed E-state index contributed by atoms with van der Waals surface area (Å²) in [4.78, 5) is 145. The van der Waals surface area contributed by atoms with Crippen LogP contribution in [0.25, 0.3) is 0 Å². The van der Waals surface area contributed by atoms with Gasteiger partial charge in [-0.2, -0.15) is 0 Å². The first kappa shape index (κ1) is 122. The average Bonchev–Trinajstić information content (AvgIpc) is 0.759. The topological polar surface area (TPSA) is 1060 Å². The molecule has 38 N–H and O–H groups in total. The number of carbonyl (C=O) groups is 11. The summed E-state index contributed by atoms with van der Waals surface area (Å²) >= 11 is 0. The van der Waals surface area contributed by atoms with Crippen LogP contribution in [0.5, 0.6) is 0 Å². The lowest BCUT2D eigenvalue weighted by Crippen LogP contribution is -2.74. The van der Waals surface area contributed by atoms with E-state index in [1.807, 2.05) is 0 Å². The van der Waals surface area contributed by atoms with Crippen LogP contribution in [0.1, 0.15) is 67.2 Å². The summed E-state index contributed by atoms with van der Waals surface area (Å²) in [6.07, 6.45) is -97.0. The van der Waals surface area contributed by atoms with Crippen molar-refractivity contribution in [3.05, 3.63) is 0 Å². The van der Waals surface area contributed by atoms with Crippen molar-refractivity contribution < 1.29 is 292 Å². The second-order valence-electron chi connectivity index (χ2n) is 36.1. The number of carbonyl (C=O) groups excluding carboxylic acids is 7. The fraction of sp³-hybridized carbons (Fsp3) is 0.863. The van der Waals surface area contributed by atoms with Crippen LogP contribution in [0.4, 0.5) is 0 Å². The van der Waals surface area contributed by atoms with Crippen molar-refractivity contribution in [2.24, 2.45) is 0 Å². The number of hydrogen-bond acceptors (Lipinski definition) is 55. The minimum atomic E-state index is -3.66. The molecule has 66 nitrogen and oxygen atoms in total. The number of aliphatic hydroxyl groups is 27. The molecule has 0 aromatic carbocycles. The van der Waals surface area contributed by atoms with Crippen LogP contribution in [0.15, 0.2) is 0 Å². The molecule has 0 aromatic heterocycles. The molecule has 9 aliphatic heterocycles. The summed E-state index contributed by atoms with van der Waals surface area (Å²) in [5.41, 5.74) is 0. The number of aliphatic hydroxyl groups excluding tert-OH is 27. The summed E-state index contributed by atoms with van der Waals surface area (Å²) in [6, 6.07) is -14.5. The van der Waals surface area contributed by atoms with E-state index in [0.717, 1.165) is 41.5 Å². The van der Waals surface area contributed by atoms with E-state index in [-0.39, 0.29) is 0 Å². The van der Waals surface area contributed by atoms with Crippen molar-refractivity contribution in [2.45, 2.75) is 366 Å². The van der Waals surface area contributed by atoms with E-state index in [4.69, 9.17) is 80.5 Å². The molecular weight excluding hydrogens is 2000 g/mol. The Hall–Kier alpha value is -7.59. The van der Waals surface area contributed by atoms with Gasteiger partial charge in [-0.25, -0.2) is 19.2 Å². The van der Waals surface area contributed by atoms with Gasteiger partial charge in [-0.3, -0.25) is 33.6 Å². The van der Waals surface area contributed by atoms with Gasteiger partial charge in [0.2, 0.25) is 41.4 Å². The predicted octanol–water partition coefficient (Wildman–Crippen LogP) is -23.8. The zero-order chi connectivity index (χ0) is 109. The van der Waals surface area contributed by atoms with Crippen molar-refractivity contribution >= 4 is 65.2 Å². The number of amides is 7. The van der Waals surface area contributed by atoms with Gasteiger partial charge in [-0.1, -0.05) is 0 Å². The maximum absolute atomic E-state index is 14.0. The summed E-state index contributed by atoms with van der Waals surface area (Å²) in [5.74, 6) is -31.1. The summed E-state index contributed by atoms with van der Waals surface area (Å²) in [6.45, 7) is -8.89. The molecule has 0 radical (unpaired) electrons. The van der Waals surface area contributed by atoms with Gasteiger partial charge in [0.05, 0.1) is 108 Å². The quantitative estimate of drug-likeness (QED) is 0.0269. The molecule has 0 unspecified atom stereocenters. The molecule has 7 amide bonds. The number of carboxylic acids is 4. The van der Waals surface area contributed by atoms with E-state index in [1.165, 1.54) is 0 Å². The van der Waals surface area contributed by atoms with E-state index in [0.29, 0.717) is 0 Å². The lowest BCUT2D eigenvalue weighted by atomic mass is 9.86.